The summed E-state index contributed by atoms with van der Waals surface area (Å²) < 4.78 is 47.6. The number of alkyl halides is 3. The highest BCUT2D eigenvalue weighted by Gasteiger charge is 2.37. The lowest BCUT2D eigenvalue weighted by atomic mass is 10.0. The summed E-state index contributed by atoms with van der Waals surface area (Å²) in [7, 11) is 1.49. The molecule has 34 heavy (non-hydrogen) atoms. The number of carbonyl (C=O) groups excluding carboxylic acids is 1. The van der Waals surface area contributed by atoms with Gasteiger partial charge in [0.15, 0.2) is 17.0 Å². The fourth-order valence-electron chi connectivity index (χ4n) is 4.11. The van der Waals surface area contributed by atoms with Crippen molar-refractivity contribution < 1.29 is 22.7 Å². The van der Waals surface area contributed by atoms with Crippen LogP contribution in [0.25, 0.3) is 16.9 Å². The summed E-state index contributed by atoms with van der Waals surface area (Å²) >= 11 is 6.45. The first kappa shape index (κ1) is 22.2. The molecule has 1 aliphatic rings. The van der Waals surface area contributed by atoms with Crippen molar-refractivity contribution in [3.8, 4) is 17.0 Å². The molecule has 0 aliphatic carbocycles. The number of amides is 1. The number of nitrogens with zero attached hydrogens (tertiary/aromatic N) is 4. The molecule has 2 aromatic heterocycles. The Morgan fingerprint density at radius 3 is 2.56 bits per heavy atom. The van der Waals surface area contributed by atoms with Gasteiger partial charge in [0, 0.05) is 17.8 Å². The Hall–Kier alpha value is -3.59. The van der Waals surface area contributed by atoms with Gasteiger partial charge in [0.25, 0.3) is 5.91 Å². The van der Waals surface area contributed by atoms with Gasteiger partial charge in [0.05, 0.1) is 12.8 Å². The van der Waals surface area contributed by atoms with Crippen molar-refractivity contribution in [2.24, 2.45) is 0 Å². The maximum absolute atomic E-state index is 14.0. The average molecular weight is 487 g/mol. The van der Waals surface area contributed by atoms with Crippen molar-refractivity contribution in [3.63, 3.8) is 0 Å². The smallest absolute Gasteiger partial charge is 0.433 e. The van der Waals surface area contributed by atoms with Crippen molar-refractivity contribution in [2.75, 3.05) is 18.6 Å². The van der Waals surface area contributed by atoms with Gasteiger partial charge in [-0.1, -0.05) is 29.8 Å². The van der Waals surface area contributed by atoms with E-state index in [1.54, 1.807) is 36.4 Å². The van der Waals surface area contributed by atoms with Gasteiger partial charge < -0.3 is 9.64 Å². The Bertz CT molecular complexity index is 1400. The second-order valence-electron chi connectivity index (χ2n) is 7.84. The summed E-state index contributed by atoms with van der Waals surface area (Å²) in [5.74, 6) is -0.0141. The highest BCUT2D eigenvalue weighted by Crippen LogP contribution is 2.36. The van der Waals surface area contributed by atoms with Crippen LogP contribution in [0.2, 0.25) is 5.02 Å². The van der Waals surface area contributed by atoms with Crippen LogP contribution in [0, 0.1) is 0 Å². The topological polar surface area (TPSA) is 59.7 Å². The zero-order chi connectivity index (χ0) is 24.0. The summed E-state index contributed by atoms with van der Waals surface area (Å²) in [6.45, 7) is 0.413. The molecule has 4 aromatic rings. The third kappa shape index (κ3) is 3.75. The van der Waals surface area contributed by atoms with E-state index in [0.29, 0.717) is 28.1 Å². The minimum Gasteiger partial charge on any atom is -0.497 e. The first-order valence-corrected chi connectivity index (χ1v) is 10.9. The molecule has 0 bridgehead atoms. The van der Waals surface area contributed by atoms with Crippen molar-refractivity contribution in [2.45, 2.75) is 19.0 Å². The Balaban J connectivity index is 1.65. The fraction of sp³-hybridized carbons (Fsp3) is 0.208. The molecule has 0 saturated carbocycles. The third-order valence-corrected chi connectivity index (χ3v) is 6.12. The Labute approximate surface area is 197 Å². The monoisotopic (exact) mass is 486 g/mol. The molecule has 174 valence electrons. The molecule has 0 spiro atoms. The Morgan fingerprint density at radius 2 is 1.85 bits per heavy atom. The van der Waals surface area contributed by atoms with Gasteiger partial charge in [-0.15, -0.1) is 0 Å². The lowest BCUT2D eigenvalue weighted by Crippen LogP contribution is -2.35. The number of halogens is 4. The molecule has 2 aromatic carbocycles. The molecule has 0 radical (unpaired) electrons. The van der Waals surface area contributed by atoms with Crippen LogP contribution in [0.4, 0.5) is 18.9 Å². The second kappa shape index (κ2) is 8.32. The predicted octanol–water partition coefficient (Wildman–Crippen LogP) is 5.67. The van der Waals surface area contributed by atoms with E-state index in [0.717, 1.165) is 24.5 Å². The molecule has 1 aliphatic heterocycles. The Kier molecular flexibility index (Phi) is 5.44. The van der Waals surface area contributed by atoms with Crippen molar-refractivity contribution in [1.82, 2.24) is 14.6 Å². The normalized spacial score (nSPS) is 13.7. The molecule has 0 N–H and O–H groups in total. The summed E-state index contributed by atoms with van der Waals surface area (Å²) in [6.07, 6.45) is -3.22. The Morgan fingerprint density at radius 1 is 1.12 bits per heavy atom. The average Bonchev–Trinajstić information content (AvgIpc) is 3.18. The minimum absolute atomic E-state index is 0.0478. The first-order chi connectivity index (χ1) is 16.3. The van der Waals surface area contributed by atoms with Crippen LogP contribution in [0.5, 0.6) is 5.75 Å². The zero-order valence-corrected chi connectivity index (χ0v) is 18.7. The predicted molar refractivity (Wildman–Crippen MR) is 121 cm³/mol. The van der Waals surface area contributed by atoms with Crippen LogP contribution in [-0.4, -0.2) is 34.2 Å². The molecule has 0 fully saturated rings. The first-order valence-electron chi connectivity index (χ1n) is 10.5. The standard InChI is InChI=1S/C24H18ClF3N4O2/c1-34-16-10-8-14(9-11-16)17-13-19(24(26,27)28)32-22(29-17)20(25)21(30-32)23(33)31-12-4-6-15-5-2-3-7-18(15)31/h2-3,5,7-11,13H,4,6,12H2,1H3. The number of para-hydroxylation sites is 1. The zero-order valence-electron chi connectivity index (χ0n) is 17.9. The molecule has 0 saturated heterocycles. The molecule has 3 heterocycles. The van der Waals surface area contributed by atoms with E-state index < -0.39 is 17.8 Å². The van der Waals surface area contributed by atoms with E-state index in [1.807, 2.05) is 12.1 Å². The molecule has 0 atom stereocenters. The van der Waals surface area contributed by atoms with Gasteiger partial charge in [-0.3, -0.25) is 4.79 Å². The van der Waals surface area contributed by atoms with Crippen LogP contribution < -0.4 is 9.64 Å². The number of hydrogen-bond acceptors (Lipinski definition) is 4. The number of benzene rings is 2. The molecule has 10 heteroatoms. The molecule has 1 amide bonds. The van der Waals surface area contributed by atoms with Gasteiger partial charge in [-0.2, -0.15) is 18.3 Å². The van der Waals surface area contributed by atoms with Crippen molar-refractivity contribution >= 4 is 28.8 Å². The number of aromatic nitrogens is 3. The minimum atomic E-state index is -4.75. The molecule has 6 nitrogen and oxygen atoms in total. The van der Waals surface area contributed by atoms with Gasteiger partial charge >= 0.3 is 6.18 Å². The number of aryl methyl sites for hydroxylation is 1. The maximum Gasteiger partial charge on any atom is 0.433 e. The van der Waals surface area contributed by atoms with E-state index in [9.17, 15) is 18.0 Å². The van der Waals surface area contributed by atoms with E-state index in [2.05, 4.69) is 10.1 Å². The number of hydrogen-bond donors (Lipinski definition) is 0. The third-order valence-electron chi connectivity index (χ3n) is 5.77. The highest BCUT2D eigenvalue weighted by molar-refractivity contribution is 6.37. The number of fused-ring (bicyclic) bond motifs is 2. The van der Waals surface area contributed by atoms with Crippen LogP contribution in [0.1, 0.15) is 28.2 Å². The number of carbonyl (C=O) groups is 1. The maximum atomic E-state index is 14.0. The van der Waals surface area contributed by atoms with Gasteiger partial charge in [0.1, 0.15) is 10.8 Å². The lowest BCUT2D eigenvalue weighted by Gasteiger charge is -2.28. The number of ether oxygens (including phenoxy) is 1. The molecular weight excluding hydrogens is 469 g/mol. The largest absolute Gasteiger partial charge is 0.497 e. The molecule has 0 unspecified atom stereocenters. The number of methoxy groups -OCH3 is 1. The van der Waals surface area contributed by atoms with Crippen LogP contribution in [-0.2, 0) is 12.6 Å². The van der Waals surface area contributed by atoms with E-state index in [1.165, 1.54) is 12.0 Å². The van der Waals surface area contributed by atoms with Crippen LogP contribution in [0.15, 0.2) is 54.6 Å². The quantitative estimate of drug-likeness (QED) is 0.374. The summed E-state index contributed by atoms with van der Waals surface area (Å²) in [4.78, 5) is 19.2. The highest BCUT2D eigenvalue weighted by atomic mass is 35.5. The second-order valence-corrected chi connectivity index (χ2v) is 8.22. The van der Waals surface area contributed by atoms with Crippen LogP contribution >= 0.6 is 11.6 Å². The lowest BCUT2D eigenvalue weighted by molar-refractivity contribution is -0.142. The van der Waals surface area contributed by atoms with Gasteiger partial charge in [0.2, 0.25) is 0 Å². The summed E-state index contributed by atoms with van der Waals surface area (Å²) in [6, 6.07) is 14.7. The number of rotatable bonds is 3. The van der Waals surface area contributed by atoms with E-state index in [-0.39, 0.29) is 22.1 Å². The van der Waals surface area contributed by atoms with E-state index >= 15 is 0 Å². The van der Waals surface area contributed by atoms with Crippen LogP contribution in [0.3, 0.4) is 0 Å². The fourth-order valence-corrected chi connectivity index (χ4v) is 4.35. The van der Waals surface area contributed by atoms with Gasteiger partial charge in [-0.25, -0.2) is 9.50 Å². The summed E-state index contributed by atoms with van der Waals surface area (Å²) in [5.41, 5.74) is 0.575. The summed E-state index contributed by atoms with van der Waals surface area (Å²) in [5, 5.41) is 3.75. The molecular formula is C24H18ClF3N4O2. The molecule has 5 rings (SSSR count). The van der Waals surface area contributed by atoms with Crippen molar-refractivity contribution in [3.05, 3.63) is 76.6 Å². The number of anilines is 1. The van der Waals surface area contributed by atoms with E-state index in [4.69, 9.17) is 16.3 Å². The van der Waals surface area contributed by atoms with Crippen molar-refractivity contribution in [1.29, 1.82) is 0 Å². The SMILES string of the molecule is COc1ccc(-c2cc(C(F)(F)F)n3nc(C(=O)N4CCCc5ccccc54)c(Cl)c3n2)cc1. The van der Waals surface area contributed by atoms with Gasteiger partial charge in [-0.05, 0) is 54.8 Å².